The summed E-state index contributed by atoms with van der Waals surface area (Å²) < 4.78 is 40.5. The van der Waals surface area contributed by atoms with E-state index in [4.69, 9.17) is 0 Å². The van der Waals surface area contributed by atoms with Crippen molar-refractivity contribution in [3.63, 3.8) is 0 Å². The van der Waals surface area contributed by atoms with Crippen molar-refractivity contribution in [3.8, 4) is 5.75 Å². The van der Waals surface area contributed by atoms with Gasteiger partial charge in [0.05, 0.1) is 6.17 Å². The number of nitrogens with one attached hydrogen (secondary N) is 6. The number of benzene rings is 1. The van der Waals surface area contributed by atoms with Crippen molar-refractivity contribution in [2.24, 2.45) is 5.92 Å². The molecule has 0 bridgehead atoms. The zero-order valence-electron chi connectivity index (χ0n) is 16.8. The van der Waals surface area contributed by atoms with Crippen molar-refractivity contribution < 1.29 is 22.7 Å². The van der Waals surface area contributed by atoms with Gasteiger partial charge in [0.15, 0.2) is 0 Å². The average molecular weight is 430 g/mol. The minimum Gasteiger partial charge on any atom is -0.406 e. The molecule has 30 heavy (non-hydrogen) atoms. The summed E-state index contributed by atoms with van der Waals surface area (Å²) in [5.41, 5.74) is 0.360. The van der Waals surface area contributed by atoms with E-state index in [9.17, 15) is 18.0 Å². The van der Waals surface area contributed by atoms with Gasteiger partial charge < -0.3 is 26.0 Å². The molecular formula is C19H29F3N6O2. The topological polar surface area (TPSA) is 98.5 Å². The third-order valence-electron chi connectivity index (χ3n) is 5.04. The van der Waals surface area contributed by atoms with E-state index in [1.54, 1.807) is 0 Å². The van der Waals surface area contributed by atoms with Gasteiger partial charge in [-0.05, 0) is 76.0 Å². The Balaban J connectivity index is 1.48. The first-order chi connectivity index (χ1) is 14.3. The zero-order valence-corrected chi connectivity index (χ0v) is 16.8. The highest BCUT2D eigenvalue weighted by atomic mass is 19.4. The second-order valence-corrected chi connectivity index (χ2v) is 7.58. The van der Waals surface area contributed by atoms with E-state index in [0.29, 0.717) is 17.6 Å². The number of carbonyl (C=O) groups excluding carboxylic acids is 1. The smallest absolute Gasteiger partial charge is 0.406 e. The van der Waals surface area contributed by atoms with Gasteiger partial charge in [-0.3, -0.25) is 10.6 Å². The average Bonchev–Trinajstić information content (AvgIpc) is 3.51. The van der Waals surface area contributed by atoms with Gasteiger partial charge in [0, 0.05) is 11.7 Å². The minimum atomic E-state index is -4.75. The van der Waals surface area contributed by atoms with Crippen LogP contribution < -0.4 is 36.6 Å². The number of anilines is 1. The fourth-order valence-electron chi connectivity index (χ4n) is 3.49. The zero-order chi connectivity index (χ0) is 21.6. The van der Waals surface area contributed by atoms with E-state index < -0.39 is 18.7 Å². The summed E-state index contributed by atoms with van der Waals surface area (Å²) in [6.07, 6.45) is -0.768. The molecule has 8 nitrogen and oxygen atoms in total. The first kappa shape index (κ1) is 22.6. The highest BCUT2D eigenvalue weighted by molar-refractivity contribution is 5.89. The number of hydrogen-bond donors (Lipinski definition) is 6. The third-order valence-corrected chi connectivity index (χ3v) is 5.04. The maximum Gasteiger partial charge on any atom is 0.573 e. The van der Waals surface area contributed by atoms with Gasteiger partial charge in [-0.25, -0.2) is 4.79 Å². The van der Waals surface area contributed by atoms with E-state index in [1.807, 2.05) is 7.05 Å². The standard InChI is InChI=1S/C19H29F3N6O2/c1-23-9-2-10-24-16-11-15(12-3-4-12)26-17(27-16)28-18(29)25-13-5-7-14(8-6-13)30-19(20,21)22/h5-8,12,15-17,23-24,26-27H,2-4,9-11H2,1H3,(H2,25,28,29). The molecule has 1 aliphatic heterocycles. The van der Waals surface area contributed by atoms with E-state index in [-0.39, 0.29) is 11.9 Å². The SMILES string of the molecule is CNCCCNC1CC(C2CC2)NC(NC(=O)Nc2ccc(OC(F)(F)F)cc2)N1. The van der Waals surface area contributed by atoms with Crippen LogP contribution in [0.15, 0.2) is 24.3 Å². The van der Waals surface area contributed by atoms with Crippen molar-refractivity contribution in [3.05, 3.63) is 24.3 Å². The van der Waals surface area contributed by atoms with Crippen LogP contribution in [0, 0.1) is 5.92 Å². The van der Waals surface area contributed by atoms with Crippen LogP contribution >= 0.6 is 0 Å². The summed E-state index contributed by atoms with van der Waals surface area (Å²) in [5.74, 6) is 0.283. The summed E-state index contributed by atoms with van der Waals surface area (Å²) >= 11 is 0. The number of amides is 2. The Bertz CT molecular complexity index is 684. The molecule has 168 valence electrons. The lowest BCUT2D eigenvalue weighted by Crippen LogP contribution is -2.68. The molecule has 6 N–H and O–H groups in total. The molecule has 3 rings (SSSR count). The Kier molecular flexibility index (Phi) is 7.75. The summed E-state index contributed by atoms with van der Waals surface area (Å²) in [5, 5.41) is 18.8. The quantitative estimate of drug-likeness (QED) is 0.335. The predicted molar refractivity (Wildman–Crippen MR) is 107 cm³/mol. The molecule has 0 spiro atoms. The molecule has 1 saturated carbocycles. The van der Waals surface area contributed by atoms with Gasteiger partial charge >= 0.3 is 12.4 Å². The third kappa shape index (κ3) is 7.63. The van der Waals surface area contributed by atoms with E-state index in [2.05, 4.69) is 36.6 Å². The predicted octanol–water partition coefficient (Wildman–Crippen LogP) is 1.88. The van der Waals surface area contributed by atoms with Gasteiger partial charge in [0.2, 0.25) is 0 Å². The van der Waals surface area contributed by atoms with E-state index >= 15 is 0 Å². The minimum absolute atomic E-state index is 0.0813. The van der Waals surface area contributed by atoms with Crippen LogP contribution in [0.1, 0.15) is 25.7 Å². The molecule has 3 atom stereocenters. The van der Waals surface area contributed by atoms with Crippen LogP contribution in [0.5, 0.6) is 5.75 Å². The lowest BCUT2D eigenvalue weighted by atomic mass is 10.0. The van der Waals surface area contributed by atoms with Crippen molar-refractivity contribution in [1.82, 2.24) is 26.6 Å². The summed E-state index contributed by atoms with van der Waals surface area (Å²) in [4.78, 5) is 12.4. The van der Waals surface area contributed by atoms with Crippen molar-refractivity contribution in [2.75, 3.05) is 25.5 Å². The fraction of sp³-hybridized carbons (Fsp3) is 0.632. The molecule has 0 radical (unpaired) electrons. The van der Waals surface area contributed by atoms with Gasteiger partial charge in [0.1, 0.15) is 12.0 Å². The molecule has 11 heteroatoms. The molecule has 1 aromatic carbocycles. The lowest BCUT2D eigenvalue weighted by Gasteiger charge is -2.38. The highest BCUT2D eigenvalue weighted by Crippen LogP contribution is 2.35. The maximum atomic E-state index is 12.4. The number of alkyl halides is 3. The Hall–Kier alpha value is -2.08. The number of halogens is 3. The first-order valence-corrected chi connectivity index (χ1v) is 10.2. The van der Waals surface area contributed by atoms with Crippen LogP contribution in [-0.4, -0.2) is 51.0 Å². The van der Waals surface area contributed by atoms with Crippen LogP contribution in [0.2, 0.25) is 0 Å². The Morgan fingerprint density at radius 1 is 1.17 bits per heavy atom. The monoisotopic (exact) mass is 430 g/mol. The summed E-state index contributed by atoms with van der Waals surface area (Å²) in [6.45, 7) is 1.79. The molecule has 1 saturated heterocycles. The molecule has 2 aliphatic rings. The summed E-state index contributed by atoms with van der Waals surface area (Å²) in [7, 11) is 1.92. The number of carbonyl (C=O) groups is 1. The Morgan fingerprint density at radius 2 is 1.90 bits per heavy atom. The van der Waals surface area contributed by atoms with Crippen LogP contribution in [0.4, 0.5) is 23.7 Å². The van der Waals surface area contributed by atoms with Gasteiger partial charge in [-0.1, -0.05) is 0 Å². The van der Waals surface area contributed by atoms with Gasteiger partial charge in [-0.15, -0.1) is 13.2 Å². The van der Waals surface area contributed by atoms with E-state index in [1.165, 1.54) is 25.0 Å². The second kappa shape index (κ2) is 10.3. The molecule has 3 unspecified atom stereocenters. The highest BCUT2D eigenvalue weighted by Gasteiger charge is 2.37. The molecule has 2 fully saturated rings. The fourth-order valence-corrected chi connectivity index (χ4v) is 3.49. The Morgan fingerprint density at radius 3 is 2.53 bits per heavy atom. The van der Waals surface area contributed by atoms with E-state index in [0.717, 1.165) is 38.1 Å². The number of urea groups is 1. The van der Waals surface area contributed by atoms with Crippen molar-refractivity contribution >= 4 is 11.7 Å². The van der Waals surface area contributed by atoms with Crippen LogP contribution in [0.3, 0.4) is 0 Å². The van der Waals surface area contributed by atoms with Gasteiger partial charge in [-0.2, -0.15) is 0 Å². The largest absolute Gasteiger partial charge is 0.573 e. The second-order valence-electron chi connectivity index (χ2n) is 7.58. The number of hydrogen-bond acceptors (Lipinski definition) is 6. The molecular weight excluding hydrogens is 401 g/mol. The van der Waals surface area contributed by atoms with Crippen LogP contribution in [0.25, 0.3) is 0 Å². The van der Waals surface area contributed by atoms with Crippen molar-refractivity contribution in [1.29, 1.82) is 0 Å². The molecule has 1 aromatic rings. The van der Waals surface area contributed by atoms with Crippen molar-refractivity contribution in [2.45, 2.75) is 50.5 Å². The first-order valence-electron chi connectivity index (χ1n) is 10.2. The number of ether oxygens (including phenoxy) is 1. The normalized spacial score (nSPS) is 24.3. The Labute approximate surface area is 173 Å². The number of rotatable bonds is 9. The summed E-state index contributed by atoms with van der Waals surface area (Å²) in [6, 6.07) is 4.85. The maximum absolute atomic E-state index is 12.4. The molecule has 2 amide bonds. The molecule has 1 aliphatic carbocycles. The van der Waals surface area contributed by atoms with Crippen LogP contribution in [-0.2, 0) is 0 Å². The molecule has 1 heterocycles. The molecule has 0 aromatic heterocycles. The van der Waals surface area contributed by atoms with Gasteiger partial charge in [0.25, 0.3) is 0 Å². The lowest BCUT2D eigenvalue weighted by molar-refractivity contribution is -0.274.